The van der Waals surface area contributed by atoms with Crippen molar-refractivity contribution in [3.05, 3.63) is 130 Å². The zero-order chi connectivity index (χ0) is 25.0. The van der Waals surface area contributed by atoms with E-state index in [1.54, 1.807) is 38.5 Å². The van der Waals surface area contributed by atoms with Gasteiger partial charge in [0.05, 0.1) is 25.3 Å². The van der Waals surface area contributed by atoms with E-state index in [0.717, 1.165) is 11.1 Å². The molecule has 0 aliphatic heterocycles. The second kappa shape index (κ2) is 9.98. The summed E-state index contributed by atoms with van der Waals surface area (Å²) in [4.78, 5) is 26.6. The molecule has 4 nitrogen and oxygen atoms in total. The largest absolute Gasteiger partial charge is 0.496 e. The minimum absolute atomic E-state index is 0.102. The van der Waals surface area contributed by atoms with E-state index in [4.69, 9.17) is 9.47 Å². The van der Waals surface area contributed by atoms with E-state index in [-0.39, 0.29) is 11.6 Å². The van der Waals surface area contributed by atoms with Gasteiger partial charge in [0.15, 0.2) is 11.6 Å². The fourth-order valence-corrected chi connectivity index (χ4v) is 4.21. The number of methoxy groups -OCH3 is 2. The highest BCUT2D eigenvalue weighted by molar-refractivity contribution is 6.11. The van der Waals surface area contributed by atoms with Crippen molar-refractivity contribution in [2.45, 2.75) is 19.3 Å². The van der Waals surface area contributed by atoms with Gasteiger partial charge in [-0.2, -0.15) is 0 Å². The molecule has 0 saturated carbocycles. The molecule has 35 heavy (non-hydrogen) atoms. The van der Waals surface area contributed by atoms with E-state index in [2.05, 4.69) is 13.8 Å². The molecule has 0 heterocycles. The molecule has 0 unspecified atom stereocenters. The molecule has 0 spiro atoms. The first-order chi connectivity index (χ1) is 16.9. The van der Waals surface area contributed by atoms with Gasteiger partial charge in [-0.15, -0.1) is 0 Å². The summed E-state index contributed by atoms with van der Waals surface area (Å²) in [7, 11) is 3.12. The van der Waals surface area contributed by atoms with Crippen molar-refractivity contribution in [3.63, 3.8) is 0 Å². The molecule has 0 N–H and O–H groups in total. The van der Waals surface area contributed by atoms with Crippen molar-refractivity contribution in [2.24, 2.45) is 0 Å². The van der Waals surface area contributed by atoms with Crippen LogP contribution in [0.5, 0.6) is 11.5 Å². The Morgan fingerprint density at radius 3 is 1.29 bits per heavy atom. The lowest BCUT2D eigenvalue weighted by molar-refractivity contribution is 0.102. The number of hydrogen-bond acceptors (Lipinski definition) is 4. The number of ether oxygens (including phenoxy) is 2. The average molecular weight is 465 g/mol. The van der Waals surface area contributed by atoms with Gasteiger partial charge >= 0.3 is 0 Å². The summed E-state index contributed by atoms with van der Waals surface area (Å²) in [5.74, 6) is 0.839. The smallest absolute Gasteiger partial charge is 0.196 e. The Morgan fingerprint density at radius 1 is 0.571 bits per heavy atom. The molecule has 4 aromatic carbocycles. The highest BCUT2D eigenvalue weighted by atomic mass is 16.5. The molecule has 0 aliphatic rings. The van der Waals surface area contributed by atoms with Crippen molar-refractivity contribution in [2.75, 3.05) is 14.2 Å². The third kappa shape index (κ3) is 4.73. The zero-order valence-corrected chi connectivity index (χ0v) is 20.4. The highest BCUT2D eigenvalue weighted by Crippen LogP contribution is 2.37. The molecule has 0 atom stereocenters. The number of rotatable bonds is 8. The van der Waals surface area contributed by atoms with Crippen LogP contribution in [0.15, 0.2) is 97.1 Å². The van der Waals surface area contributed by atoms with Crippen molar-refractivity contribution < 1.29 is 19.1 Å². The fourth-order valence-electron chi connectivity index (χ4n) is 4.21. The Kier molecular flexibility index (Phi) is 6.83. The Hall–Kier alpha value is -4.18. The van der Waals surface area contributed by atoms with Crippen LogP contribution in [-0.4, -0.2) is 25.8 Å². The molecule has 0 saturated heterocycles. The number of benzene rings is 4. The molecule has 0 fully saturated rings. The van der Waals surface area contributed by atoms with Crippen LogP contribution in [0, 0.1) is 0 Å². The fraction of sp³-hybridized carbons (Fsp3) is 0.161. The van der Waals surface area contributed by atoms with Gasteiger partial charge in [0.25, 0.3) is 0 Å². The lowest BCUT2D eigenvalue weighted by Crippen LogP contribution is -2.21. The highest BCUT2D eigenvalue weighted by Gasteiger charge is 2.28. The number of hydrogen-bond donors (Lipinski definition) is 0. The van der Waals surface area contributed by atoms with Gasteiger partial charge in [-0.3, -0.25) is 9.59 Å². The second-order valence-electron chi connectivity index (χ2n) is 8.85. The maximum atomic E-state index is 13.3. The first-order valence-electron chi connectivity index (χ1n) is 11.4. The number of carbonyl (C=O) groups is 2. The predicted molar refractivity (Wildman–Crippen MR) is 138 cm³/mol. The van der Waals surface area contributed by atoms with Gasteiger partial charge in [0.2, 0.25) is 0 Å². The third-order valence-corrected chi connectivity index (χ3v) is 6.40. The first kappa shape index (κ1) is 24.0. The molecule has 4 aromatic rings. The Labute approximate surface area is 206 Å². The monoisotopic (exact) mass is 464 g/mol. The van der Waals surface area contributed by atoms with E-state index >= 15 is 0 Å². The molecular weight excluding hydrogens is 436 g/mol. The predicted octanol–water partition coefficient (Wildman–Crippen LogP) is 6.49. The summed E-state index contributed by atoms with van der Waals surface area (Å²) in [6, 6.07) is 29.7. The quantitative estimate of drug-likeness (QED) is 0.280. The van der Waals surface area contributed by atoms with Crippen LogP contribution < -0.4 is 9.47 Å². The van der Waals surface area contributed by atoms with Crippen LogP contribution >= 0.6 is 0 Å². The SMILES string of the molecule is COc1ccc(C(C)(C)c2ccc(OC)c(C(=O)c3ccccc3)c2)cc1C(=O)c1ccccc1. The van der Waals surface area contributed by atoms with Crippen LogP contribution in [0.2, 0.25) is 0 Å². The Bertz CT molecular complexity index is 1250. The summed E-state index contributed by atoms with van der Waals surface area (Å²) in [5, 5.41) is 0. The molecule has 0 radical (unpaired) electrons. The second-order valence-corrected chi connectivity index (χ2v) is 8.85. The zero-order valence-electron chi connectivity index (χ0n) is 20.4. The molecule has 0 aromatic heterocycles. The van der Waals surface area contributed by atoms with Crippen LogP contribution in [0.4, 0.5) is 0 Å². The maximum Gasteiger partial charge on any atom is 0.196 e. The standard InChI is InChI=1S/C31H28O4/c1-31(2,23-15-17-27(34-3)25(19-23)29(32)21-11-7-5-8-12-21)24-16-18-28(35-4)26(20-24)30(33)22-13-9-6-10-14-22/h5-20H,1-4H3. The van der Waals surface area contributed by atoms with Gasteiger partial charge < -0.3 is 9.47 Å². The maximum absolute atomic E-state index is 13.3. The summed E-state index contributed by atoms with van der Waals surface area (Å²) in [6.07, 6.45) is 0. The lowest BCUT2D eigenvalue weighted by atomic mass is 9.76. The van der Waals surface area contributed by atoms with Crippen LogP contribution in [0.25, 0.3) is 0 Å². The van der Waals surface area contributed by atoms with Crippen molar-refractivity contribution >= 4 is 11.6 Å². The lowest BCUT2D eigenvalue weighted by Gasteiger charge is -2.28. The molecule has 0 amide bonds. The van der Waals surface area contributed by atoms with E-state index in [1.165, 1.54) is 0 Å². The van der Waals surface area contributed by atoms with Gasteiger partial charge in [-0.25, -0.2) is 0 Å². The minimum atomic E-state index is -0.504. The van der Waals surface area contributed by atoms with Crippen molar-refractivity contribution in [1.29, 1.82) is 0 Å². The normalized spacial score (nSPS) is 11.1. The van der Waals surface area contributed by atoms with E-state index in [9.17, 15) is 9.59 Å². The summed E-state index contributed by atoms with van der Waals surface area (Å²) >= 11 is 0. The summed E-state index contributed by atoms with van der Waals surface area (Å²) in [5.41, 5.74) is 3.55. The van der Waals surface area contributed by atoms with Crippen molar-refractivity contribution in [3.8, 4) is 11.5 Å². The molecule has 176 valence electrons. The topological polar surface area (TPSA) is 52.6 Å². The van der Waals surface area contributed by atoms with Gasteiger partial charge in [-0.1, -0.05) is 86.6 Å². The molecule has 0 bridgehead atoms. The van der Waals surface area contributed by atoms with E-state index < -0.39 is 5.41 Å². The summed E-state index contributed by atoms with van der Waals surface area (Å²) < 4.78 is 11.0. The minimum Gasteiger partial charge on any atom is -0.496 e. The Morgan fingerprint density at radius 2 is 0.943 bits per heavy atom. The van der Waals surface area contributed by atoms with Gasteiger partial charge in [0, 0.05) is 16.5 Å². The first-order valence-corrected chi connectivity index (χ1v) is 11.4. The van der Waals surface area contributed by atoms with Crippen molar-refractivity contribution in [1.82, 2.24) is 0 Å². The molecule has 4 rings (SSSR count). The van der Waals surface area contributed by atoms with Gasteiger partial charge in [-0.05, 0) is 35.4 Å². The van der Waals surface area contributed by atoms with E-state index in [1.807, 2.05) is 72.8 Å². The van der Waals surface area contributed by atoms with Crippen LogP contribution in [-0.2, 0) is 5.41 Å². The summed E-state index contributed by atoms with van der Waals surface area (Å²) in [6.45, 7) is 4.15. The number of ketones is 2. The molecule has 4 heteroatoms. The average Bonchev–Trinajstić information content (AvgIpc) is 2.92. The van der Waals surface area contributed by atoms with Gasteiger partial charge in [0.1, 0.15) is 11.5 Å². The number of carbonyl (C=O) groups excluding carboxylic acids is 2. The van der Waals surface area contributed by atoms with Crippen LogP contribution in [0.1, 0.15) is 56.8 Å². The van der Waals surface area contributed by atoms with E-state index in [0.29, 0.717) is 33.8 Å². The molecule has 0 aliphatic carbocycles. The molecular formula is C31H28O4. The third-order valence-electron chi connectivity index (χ3n) is 6.40. The Balaban J connectivity index is 1.78. The van der Waals surface area contributed by atoms with Crippen LogP contribution in [0.3, 0.4) is 0 Å².